The van der Waals surface area contributed by atoms with Gasteiger partial charge < -0.3 is 20.3 Å². The van der Waals surface area contributed by atoms with Crippen molar-refractivity contribution < 1.29 is 13.7 Å². The van der Waals surface area contributed by atoms with E-state index in [4.69, 9.17) is 20.0 Å². The molecule has 3 N–H and O–H groups in total. The molecule has 38 heavy (non-hydrogen) atoms. The summed E-state index contributed by atoms with van der Waals surface area (Å²) in [4.78, 5) is 9.13. The molecule has 0 bridgehead atoms. The lowest BCUT2D eigenvalue weighted by molar-refractivity contribution is 0.0640. The number of aromatic nitrogens is 3. The highest BCUT2D eigenvalue weighted by Crippen LogP contribution is 2.30. The van der Waals surface area contributed by atoms with Crippen LogP contribution in [-0.2, 0) is 17.7 Å². The number of ether oxygens (including phenoxy) is 1. The lowest BCUT2D eigenvalue weighted by Gasteiger charge is -2.21. The Labute approximate surface area is 222 Å². The van der Waals surface area contributed by atoms with Crippen LogP contribution in [0.1, 0.15) is 37.3 Å². The maximum Gasteiger partial charge on any atom is 0.189 e. The fourth-order valence-electron chi connectivity index (χ4n) is 4.70. The van der Waals surface area contributed by atoms with Crippen molar-refractivity contribution in [2.75, 3.05) is 25.5 Å². The van der Waals surface area contributed by atoms with Crippen molar-refractivity contribution in [2.45, 2.75) is 45.3 Å². The molecule has 0 spiro atoms. The van der Waals surface area contributed by atoms with E-state index >= 15 is 0 Å². The lowest BCUT2D eigenvalue weighted by Crippen LogP contribution is -2.21. The van der Waals surface area contributed by atoms with E-state index in [0.717, 1.165) is 60.8 Å². The molecule has 2 aromatic carbocycles. The normalized spacial score (nSPS) is 15.0. The van der Waals surface area contributed by atoms with Gasteiger partial charge in [-0.1, -0.05) is 53.7 Å². The zero-order valence-corrected chi connectivity index (χ0v) is 21.7. The van der Waals surface area contributed by atoms with Crippen molar-refractivity contribution in [3.63, 3.8) is 0 Å². The third-order valence-electron chi connectivity index (χ3n) is 6.98. The smallest absolute Gasteiger partial charge is 0.189 e. The van der Waals surface area contributed by atoms with Gasteiger partial charge in [-0.3, -0.25) is 0 Å². The number of nitrogens with zero attached hydrogens (tertiary/aromatic N) is 3. The number of hydrogen-bond donors (Lipinski definition) is 2. The number of nitrogens with two attached hydrogens (primary N) is 1. The average molecular weight is 516 g/mol. The van der Waals surface area contributed by atoms with Crippen LogP contribution in [0.5, 0.6) is 0 Å². The number of anilines is 1. The fraction of sp³-hybridized carbons (Fsp3) is 0.367. The largest absolute Gasteiger partial charge is 0.382 e. The third kappa shape index (κ3) is 6.62. The summed E-state index contributed by atoms with van der Waals surface area (Å²) in [6, 6.07) is 18.2. The van der Waals surface area contributed by atoms with Crippen molar-refractivity contribution in [2.24, 2.45) is 5.92 Å². The van der Waals surface area contributed by atoms with Gasteiger partial charge in [-0.25, -0.2) is 14.4 Å². The first-order chi connectivity index (χ1) is 18.5. The topological polar surface area (TPSA) is 99.1 Å². The Balaban J connectivity index is 1.26. The summed E-state index contributed by atoms with van der Waals surface area (Å²) in [5.41, 5.74) is 12.3. The molecule has 1 saturated heterocycles. The summed E-state index contributed by atoms with van der Waals surface area (Å²) < 4.78 is 24.1. The summed E-state index contributed by atoms with van der Waals surface area (Å²) in [6.45, 7) is 4.25. The van der Waals surface area contributed by atoms with Crippen molar-refractivity contribution in [1.82, 2.24) is 20.4 Å². The van der Waals surface area contributed by atoms with Gasteiger partial charge in [-0.05, 0) is 49.7 Å². The lowest BCUT2D eigenvalue weighted by atomic mass is 9.92. The molecule has 0 amide bonds. The number of alkyl halides is 1. The maximum atomic E-state index is 13.0. The minimum atomic E-state index is -0.872. The summed E-state index contributed by atoms with van der Waals surface area (Å²) in [7, 11) is 0. The number of nitrogen functional groups attached to an aromatic ring is 1. The molecule has 0 aliphatic carbocycles. The SMILES string of the molecule is CC(F)CNCc1ccc(-c2cc(-c3nc(-c4ccc(CCC5CCOCC5)cc4)cnc3N)on2)cc1. The molecule has 198 valence electrons. The van der Waals surface area contributed by atoms with E-state index in [1.807, 2.05) is 30.3 Å². The Bertz CT molecular complexity index is 1320. The quantitative estimate of drug-likeness (QED) is 0.273. The van der Waals surface area contributed by atoms with E-state index in [1.54, 1.807) is 6.20 Å². The second kappa shape index (κ2) is 12.3. The summed E-state index contributed by atoms with van der Waals surface area (Å²) in [5, 5.41) is 7.31. The van der Waals surface area contributed by atoms with E-state index < -0.39 is 6.17 Å². The molecule has 8 heteroatoms. The highest BCUT2D eigenvalue weighted by Gasteiger charge is 2.16. The molecule has 0 radical (unpaired) electrons. The first-order valence-electron chi connectivity index (χ1n) is 13.3. The van der Waals surface area contributed by atoms with Crippen molar-refractivity contribution in [1.29, 1.82) is 0 Å². The van der Waals surface area contributed by atoms with E-state index in [2.05, 4.69) is 39.7 Å². The summed E-state index contributed by atoms with van der Waals surface area (Å²) in [6.07, 6.45) is 5.40. The van der Waals surface area contributed by atoms with Crippen LogP contribution in [0.2, 0.25) is 0 Å². The van der Waals surface area contributed by atoms with E-state index in [9.17, 15) is 4.39 Å². The van der Waals surface area contributed by atoms with Gasteiger partial charge in [0, 0.05) is 43.5 Å². The molecule has 0 saturated carbocycles. The molecule has 5 rings (SSSR count). The maximum absolute atomic E-state index is 13.0. The van der Waals surface area contributed by atoms with Crippen LogP contribution in [0.3, 0.4) is 0 Å². The highest BCUT2D eigenvalue weighted by molar-refractivity contribution is 5.73. The number of nitrogens with one attached hydrogen (secondary N) is 1. The number of hydrogen-bond acceptors (Lipinski definition) is 7. The Morgan fingerprint density at radius 1 is 1.00 bits per heavy atom. The summed E-state index contributed by atoms with van der Waals surface area (Å²) in [5.74, 6) is 1.50. The van der Waals surface area contributed by atoms with Gasteiger partial charge in [0.15, 0.2) is 17.3 Å². The predicted molar refractivity (Wildman–Crippen MR) is 147 cm³/mol. The van der Waals surface area contributed by atoms with Crippen molar-refractivity contribution in [3.8, 4) is 34.0 Å². The minimum Gasteiger partial charge on any atom is -0.382 e. The Morgan fingerprint density at radius 3 is 2.39 bits per heavy atom. The number of benzene rings is 2. The predicted octanol–water partition coefficient (Wildman–Crippen LogP) is 5.85. The number of rotatable bonds is 10. The van der Waals surface area contributed by atoms with Crippen LogP contribution < -0.4 is 11.1 Å². The average Bonchev–Trinajstić information content (AvgIpc) is 3.43. The molecule has 3 heterocycles. The van der Waals surface area contributed by atoms with E-state index in [-0.39, 0.29) is 5.82 Å². The fourth-order valence-corrected chi connectivity index (χ4v) is 4.70. The van der Waals surface area contributed by atoms with Gasteiger partial charge in [-0.15, -0.1) is 0 Å². The van der Waals surface area contributed by atoms with Crippen LogP contribution in [0.4, 0.5) is 10.2 Å². The van der Waals surface area contributed by atoms with Gasteiger partial charge in [0.25, 0.3) is 0 Å². The van der Waals surface area contributed by atoms with Crippen LogP contribution in [-0.4, -0.2) is 41.1 Å². The van der Waals surface area contributed by atoms with Gasteiger partial charge in [-0.2, -0.15) is 0 Å². The molecule has 1 unspecified atom stereocenters. The van der Waals surface area contributed by atoms with Gasteiger partial charge in [0.05, 0.1) is 11.9 Å². The zero-order chi connectivity index (χ0) is 26.3. The van der Waals surface area contributed by atoms with Crippen LogP contribution >= 0.6 is 0 Å². The standard InChI is InChI=1S/C30H34FN5O2/c1-20(31)17-33-18-23-6-10-24(11-7-23)26-16-28(38-36-26)29-30(32)34-19-27(35-29)25-8-4-21(5-9-25)2-3-22-12-14-37-15-13-22/h4-11,16,19-20,22,33H,2-3,12-15,17-18H2,1H3,(H2,32,34). The second-order valence-corrected chi connectivity index (χ2v) is 9.97. The Morgan fingerprint density at radius 2 is 1.68 bits per heavy atom. The van der Waals surface area contributed by atoms with Crippen LogP contribution in [0.25, 0.3) is 34.0 Å². The van der Waals surface area contributed by atoms with E-state index in [0.29, 0.717) is 30.2 Å². The molecule has 4 aromatic rings. The molecule has 2 aromatic heterocycles. The highest BCUT2D eigenvalue weighted by atomic mass is 19.1. The van der Waals surface area contributed by atoms with Crippen molar-refractivity contribution in [3.05, 3.63) is 71.9 Å². The molecular formula is C30H34FN5O2. The monoisotopic (exact) mass is 515 g/mol. The molecule has 1 aliphatic rings. The van der Waals surface area contributed by atoms with E-state index in [1.165, 1.54) is 18.9 Å². The first-order valence-corrected chi connectivity index (χ1v) is 13.3. The number of aryl methyl sites for hydroxylation is 1. The van der Waals surface area contributed by atoms with Gasteiger partial charge in [0.2, 0.25) is 0 Å². The van der Waals surface area contributed by atoms with Crippen LogP contribution in [0, 0.1) is 5.92 Å². The first kappa shape index (κ1) is 26.0. The molecular weight excluding hydrogens is 481 g/mol. The Hall–Kier alpha value is -3.62. The Kier molecular flexibility index (Phi) is 8.41. The minimum absolute atomic E-state index is 0.285. The van der Waals surface area contributed by atoms with Crippen LogP contribution in [0.15, 0.2) is 65.3 Å². The summed E-state index contributed by atoms with van der Waals surface area (Å²) >= 11 is 0. The molecule has 1 atom stereocenters. The van der Waals surface area contributed by atoms with Gasteiger partial charge in [0.1, 0.15) is 11.9 Å². The number of halogens is 1. The zero-order valence-electron chi connectivity index (χ0n) is 21.7. The third-order valence-corrected chi connectivity index (χ3v) is 6.98. The molecule has 7 nitrogen and oxygen atoms in total. The van der Waals surface area contributed by atoms with Crippen molar-refractivity contribution >= 4 is 5.82 Å². The second-order valence-electron chi connectivity index (χ2n) is 9.97. The molecule has 1 fully saturated rings. The van der Waals surface area contributed by atoms with Gasteiger partial charge >= 0.3 is 0 Å². The molecule has 1 aliphatic heterocycles.